The quantitative estimate of drug-likeness (QED) is 0.126. The van der Waals surface area contributed by atoms with Crippen molar-refractivity contribution in [2.24, 2.45) is 0 Å². The van der Waals surface area contributed by atoms with E-state index < -0.39 is 11.9 Å². The number of thiazole rings is 1. The molecule has 1 atom stereocenters. The number of benzene rings is 3. The van der Waals surface area contributed by atoms with Crippen molar-refractivity contribution in [3.63, 3.8) is 0 Å². The lowest BCUT2D eigenvalue weighted by molar-refractivity contribution is -0.136. The number of aromatic nitrogens is 2. The molecule has 1 fully saturated rings. The zero-order chi connectivity index (χ0) is 34.8. The fraction of sp³-hybridized carbons (Fsp3) is 0.289. The summed E-state index contributed by atoms with van der Waals surface area (Å²) in [5.74, 6) is 0.648. The van der Waals surface area contributed by atoms with Crippen molar-refractivity contribution in [1.82, 2.24) is 20.2 Å². The molecule has 0 saturated carbocycles. The van der Waals surface area contributed by atoms with E-state index in [1.807, 2.05) is 49.5 Å². The number of imide groups is 1. The van der Waals surface area contributed by atoms with Crippen LogP contribution in [0.5, 0.6) is 5.75 Å². The number of carbonyl (C=O) groups excluding carboxylic acids is 3. The zero-order valence-electron chi connectivity index (χ0n) is 28.2. The number of nitrogens with one attached hydrogen (secondary N) is 2. The van der Waals surface area contributed by atoms with Gasteiger partial charge in [-0.3, -0.25) is 19.7 Å². The van der Waals surface area contributed by atoms with Crippen molar-refractivity contribution in [3.8, 4) is 27.4 Å². The normalized spacial score (nSPS) is 15.7. The minimum absolute atomic E-state index is 0.201. The summed E-state index contributed by atoms with van der Waals surface area (Å²) >= 11 is 1.68. The number of carbonyl (C=O) groups is 3. The Kier molecular flexibility index (Phi) is 9.46. The van der Waals surface area contributed by atoms with Crippen LogP contribution in [-0.4, -0.2) is 79.1 Å². The number of anilines is 2. The standard InChI is InChI=1S/C38H38N6O5S/c1-23-18-24(25-5-12-34(40-21-25)43(2)3)4-8-29(23)37-41-31-10-6-27(20-33(31)50-37)39-14-15-48-16-17-49-28-7-9-30-26(19-28)22-44(38(30)47)32-11-13-35(45)42-36(32)46/h4-10,12,18-21,32,39H,11,13-17,22H2,1-3H3,(H,42,45,46). The van der Waals surface area contributed by atoms with Gasteiger partial charge in [-0.1, -0.05) is 18.2 Å². The van der Waals surface area contributed by atoms with Crippen LogP contribution in [-0.2, 0) is 20.9 Å². The molecule has 7 rings (SSSR count). The number of rotatable bonds is 12. The zero-order valence-corrected chi connectivity index (χ0v) is 29.0. The largest absolute Gasteiger partial charge is 0.491 e. The number of amides is 3. The minimum Gasteiger partial charge on any atom is -0.491 e. The highest BCUT2D eigenvalue weighted by atomic mass is 32.1. The fourth-order valence-electron chi connectivity index (χ4n) is 6.28. The Morgan fingerprint density at radius 3 is 2.58 bits per heavy atom. The average molecular weight is 691 g/mol. The number of nitrogens with zero attached hydrogens (tertiary/aromatic N) is 4. The number of ether oxygens (including phenoxy) is 2. The van der Waals surface area contributed by atoms with Gasteiger partial charge in [-0.2, -0.15) is 0 Å². The van der Waals surface area contributed by atoms with Crippen LogP contribution in [0.4, 0.5) is 11.5 Å². The molecule has 50 heavy (non-hydrogen) atoms. The van der Waals surface area contributed by atoms with Gasteiger partial charge < -0.3 is 24.6 Å². The first-order valence-corrected chi connectivity index (χ1v) is 17.4. The molecule has 2 aromatic heterocycles. The van der Waals surface area contributed by atoms with Crippen LogP contribution in [0.15, 0.2) is 72.9 Å². The number of hydrogen-bond donors (Lipinski definition) is 2. The molecule has 2 aliphatic heterocycles. The van der Waals surface area contributed by atoms with Crippen LogP contribution in [0.1, 0.15) is 34.3 Å². The van der Waals surface area contributed by atoms with Gasteiger partial charge in [0.15, 0.2) is 0 Å². The molecular weight excluding hydrogens is 653 g/mol. The van der Waals surface area contributed by atoms with Crippen LogP contribution in [0.2, 0.25) is 0 Å². The molecule has 0 aliphatic carbocycles. The van der Waals surface area contributed by atoms with E-state index in [-0.39, 0.29) is 18.2 Å². The molecule has 4 heterocycles. The Labute approximate surface area is 294 Å². The summed E-state index contributed by atoms with van der Waals surface area (Å²) in [6.07, 6.45) is 2.48. The average Bonchev–Trinajstić information content (AvgIpc) is 3.67. The Bertz CT molecular complexity index is 2080. The molecule has 11 nitrogen and oxygen atoms in total. The maximum absolute atomic E-state index is 12.9. The highest BCUT2D eigenvalue weighted by Gasteiger charge is 2.39. The van der Waals surface area contributed by atoms with Gasteiger partial charge in [0.2, 0.25) is 11.8 Å². The molecule has 3 amide bonds. The minimum atomic E-state index is -0.635. The summed E-state index contributed by atoms with van der Waals surface area (Å²) in [7, 11) is 3.97. The second kappa shape index (κ2) is 14.3. The summed E-state index contributed by atoms with van der Waals surface area (Å²) in [6, 6.07) is 21.5. The van der Waals surface area contributed by atoms with Crippen molar-refractivity contribution < 1.29 is 23.9 Å². The molecule has 1 saturated heterocycles. The third-order valence-electron chi connectivity index (χ3n) is 8.95. The lowest BCUT2D eigenvalue weighted by Crippen LogP contribution is -2.52. The first kappa shape index (κ1) is 33.2. The lowest BCUT2D eigenvalue weighted by Gasteiger charge is -2.29. The van der Waals surface area contributed by atoms with E-state index in [4.69, 9.17) is 14.5 Å². The van der Waals surface area contributed by atoms with Crippen LogP contribution < -0.4 is 20.3 Å². The van der Waals surface area contributed by atoms with Gasteiger partial charge in [-0.25, -0.2) is 9.97 Å². The summed E-state index contributed by atoms with van der Waals surface area (Å²) in [5, 5.41) is 6.75. The Morgan fingerprint density at radius 2 is 1.80 bits per heavy atom. The first-order chi connectivity index (χ1) is 24.2. The van der Waals surface area contributed by atoms with Gasteiger partial charge >= 0.3 is 0 Å². The third kappa shape index (κ3) is 7.03. The maximum atomic E-state index is 12.9. The summed E-state index contributed by atoms with van der Waals surface area (Å²) in [4.78, 5) is 49.7. The van der Waals surface area contributed by atoms with Gasteiger partial charge in [-0.05, 0) is 78.6 Å². The van der Waals surface area contributed by atoms with Crippen molar-refractivity contribution in [2.45, 2.75) is 32.4 Å². The van der Waals surface area contributed by atoms with Gasteiger partial charge in [0.1, 0.15) is 29.2 Å². The summed E-state index contributed by atoms with van der Waals surface area (Å²) in [5.41, 5.74) is 7.85. The molecule has 1 unspecified atom stereocenters. The SMILES string of the molecule is Cc1cc(-c2ccc(N(C)C)nc2)ccc1-c1nc2ccc(NCCOCCOc3ccc4c(c3)CN(C3CCC(=O)NC3=O)C4=O)cc2s1. The van der Waals surface area contributed by atoms with E-state index >= 15 is 0 Å². The van der Waals surface area contributed by atoms with E-state index in [0.29, 0.717) is 50.6 Å². The van der Waals surface area contributed by atoms with Gasteiger partial charge in [0, 0.05) is 62.2 Å². The fourth-order valence-corrected chi connectivity index (χ4v) is 7.38. The molecule has 3 aromatic carbocycles. The molecule has 0 radical (unpaired) electrons. The van der Waals surface area contributed by atoms with E-state index in [9.17, 15) is 14.4 Å². The second-order valence-corrected chi connectivity index (χ2v) is 13.7. The number of aryl methyl sites for hydroxylation is 1. The van der Waals surface area contributed by atoms with E-state index in [2.05, 4.69) is 52.9 Å². The van der Waals surface area contributed by atoms with Crippen molar-refractivity contribution >= 4 is 50.8 Å². The maximum Gasteiger partial charge on any atom is 0.255 e. The number of piperidine rings is 1. The predicted molar refractivity (Wildman–Crippen MR) is 195 cm³/mol. The Hall–Kier alpha value is -5.33. The van der Waals surface area contributed by atoms with Crippen molar-refractivity contribution in [3.05, 3.63) is 89.6 Å². The summed E-state index contributed by atoms with van der Waals surface area (Å²) < 4.78 is 12.8. The van der Waals surface area contributed by atoms with Crippen LogP contribution in [0, 0.1) is 6.92 Å². The van der Waals surface area contributed by atoms with Crippen molar-refractivity contribution in [2.75, 3.05) is 50.7 Å². The number of pyridine rings is 1. The highest BCUT2D eigenvalue weighted by Crippen LogP contribution is 2.35. The first-order valence-electron chi connectivity index (χ1n) is 16.6. The highest BCUT2D eigenvalue weighted by molar-refractivity contribution is 7.21. The van der Waals surface area contributed by atoms with Crippen LogP contribution >= 0.6 is 11.3 Å². The second-order valence-electron chi connectivity index (χ2n) is 12.6. The molecule has 0 spiro atoms. The van der Waals surface area contributed by atoms with Gasteiger partial charge in [-0.15, -0.1) is 11.3 Å². The monoisotopic (exact) mass is 690 g/mol. The van der Waals surface area contributed by atoms with Crippen LogP contribution in [0.25, 0.3) is 31.9 Å². The Morgan fingerprint density at radius 1 is 0.960 bits per heavy atom. The molecule has 2 aliphatic rings. The smallest absolute Gasteiger partial charge is 0.255 e. The topological polar surface area (TPSA) is 126 Å². The molecule has 2 N–H and O–H groups in total. The van der Waals surface area contributed by atoms with Gasteiger partial charge in [0.05, 0.1) is 23.4 Å². The number of hydrogen-bond acceptors (Lipinski definition) is 10. The molecule has 0 bridgehead atoms. The molecule has 256 valence electrons. The van der Waals surface area contributed by atoms with E-state index in [1.165, 1.54) is 10.5 Å². The Balaban J connectivity index is 0.867. The molecule has 5 aromatic rings. The predicted octanol–water partition coefficient (Wildman–Crippen LogP) is 5.67. The van der Waals surface area contributed by atoms with Crippen molar-refractivity contribution in [1.29, 1.82) is 0 Å². The molecule has 12 heteroatoms. The summed E-state index contributed by atoms with van der Waals surface area (Å²) in [6.45, 7) is 4.35. The molecular formula is C38H38N6O5S. The lowest BCUT2D eigenvalue weighted by atomic mass is 10.0. The van der Waals surface area contributed by atoms with Gasteiger partial charge in [0.25, 0.3) is 5.91 Å². The van der Waals surface area contributed by atoms with E-state index in [0.717, 1.165) is 49.0 Å². The van der Waals surface area contributed by atoms with Crippen LogP contribution in [0.3, 0.4) is 0 Å². The van der Waals surface area contributed by atoms with E-state index in [1.54, 1.807) is 23.5 Å². The number of fused-ring (bicyclic) bond motifs is 2. The third-order valence-corrected chi connectivity index (χ3v) is 10.0.